The van der Waals surface area contributed by atoms with Gasteiger partial charge in [-0.15, -0.1) is 22.7 Å². The first kappa shape index (κ1) is 16.1. The van der Waals surface area contributed by atoms with Crippen LogP contribution in [0.25, 0.3) is 0 Å². The molecular formula is C12H15BrN2O2S3. The third kappa shape index (κ3) is 3.90. The van der Waals surface area contributed by atoms with Gasteiger partial charge in [-0.3, -0.25) is 0 Å². The summed E-state index contributed by atoms with van der Waals surface area (Å²) in [4.78, 5) is 3.16. The van der Waals surface area contributed by atoms with E-state index in [1.54, 1.807) is 23.5 Å². The first-order valence-electron chi connectivity index (χ1n) is 5.85. The Morgan fingerprint density at radius 1 is 1.35 bits per heavy atom. The topological polar surface area (TPSA) is 49.4 Å². The molecule has 110 valence electrons. The van der Waals surface area contributed by atoms with Gasteiger partial charge in [0.15, 0.2) is 0 Å². The summed E-state index contributed by atoms with van der Waals surface area (Å²) >= 11 is 6.12. The number of halogens is 1. The molecule has 0 amide bonds. The van der Waals surface area contributed by atoms with Gasteiger partial charge in [0.1, 0.15) is 4.21 Å². The fourth-order valence-electron chi connectivity index (χ4n) is 1.72. The van der Waals surface area contributed by atoms with Crippen LogP contribution in [0.4, 0.5) is 0 Å². The van der Waals surface area contributed by atoms with E-state index in [0.29, 0.717) is 10.8 Å². The second-order valence-corrected chi connectivity index (χ2v) is 9.84. The SMILES string of the molecule is CN(C)C(CNS(=O)(=O)c1ccc(Br)s1)c1cccs1. The molecule has 1 N–H and O–H groups in total. The fraction of sp³-hybridized carbons (Fsp3) is 0.333. The van der Waals surface area contributed by atoms with E-state index in [1.165, 1.54) is 11.3 Å². The van der Waals surface area contributed by atoms with Crippen LogP contribution < -0.4 is 4.72 Å². The number of hydrogen-bond donors (Lipinski definition) is 1. The third-order valence-electron chi connectivity index (χ3n) is 2.78. The summed E-state index contributed by atoms with van der Waals surface area (Å²) in [7, 11) is 0.447. The highest BCUT2D eigenvalue weighted by molar-refractivity contribution is 9.11. The quantitative estimate of drug-likeness (QED) is 0.818. The molecule has 0 spiro atoms. The molecule has 0 fully saturated rings. The molecule has 0 aliphatic rings. The van der Waals surface area contributed by atoms with Crippen molar-refractivity contribution in [3.63, 3.8) is 0 Å². The minimum absolute atomic E-state index is 0.0353. The molecule has 0 aromatic carbocycles. The van der Waals surface area contributed by atoms with Crippen LogP contribution >= 0.6 is 38.6 Å². The third-order valence-corrected chi connectivity index (χ3v) is 7.29. The van der Waals surface area contributed by atoms with Crippen molar-refractivity contribution in [2.75, 3.05) is 20.6 Å². The molecule has 20 heavy (non-hydrogen) atoms. The van der Waals surface area contributed by atoms with Crippen LogP contribution in [0.5, 0.6) is 0 Å². The largest absolute Gasteiger partial charge is 0.300 e. The number of likely N-dealkylation sites (N-methyl/N-ethyl adjacent to an activating group) is 1. The molecule has 2 aromatic rings. The van der Waals surface area contributed by atoms with Crippen molar-refractivity contribution in [2.24, 2.45) is 0 Å². The molecular weight excluding hydrogens is 380 g/mol. The van der Waals surface area contributed by atoms with Gasteiger partial charge in [0, 0.05) is 11.4 Å². The minimum atomic E-state index is -3.44. The van der Waals surface area contributed by atoms with Crippen molar-refractivity contribution < 1.29 is 8.42 Å². The number of nitrogens with zero attached hydrogens (tertiary/aromatic N) is 1. The van der Waals surface area contributed by atoms with E-state index in [0.717, 1.165) is 8.66 Å². The Labute approximate surface area is 135 Å². The summed E-state index contributed by atoms with van der Waals surface area (Å²) in [5.74, 6) is 0. The normalized spacial score (nSPS) is 13.8. The summed E-state index contributed by atoms with van der Waals surface area (Å²) in [5.41, 5.74) is 0. The van der Waals surface area contributed by atoms with Gasteiger partial charge in [-0.2, -0.15) is 0 Å². The van der Waals surface area contributed by atoms with E-state index in [-0.39, 0.29) is 6.04 Å². The maximum Gasteiger partial charge on any atom is 0.250 e. The zero-order chi connectivity index (χ0) is 14.8. The fourth-order valence-corrected chi connectivity index (χ4v) is 5.74. The maximum absolute atomic E-state index is 12.2. The molecule has 2 rings (SSSR count). The summed E-state index contributed by atoms with van der Waals surface area (Å²) in [6.07, 6.45) is 0. The molecule has 8 heteroatoms. The second kappa shape index (κ2) is 6.67. The molecule has 0 aliphatic heterocycles. The van der Waals surface area contributed by atoms with Crippen LogP contribution in [-0.2, 0) is 10.0 Å². The van der Waals surface area contributed by atoms with Crippen molar-refractivity contribution >= 4 is 48.6 Å². The molecule has 2 aromatic heterocycles. The van der Waals surface area contributed by atoms with E-state index < -0.39 is 10.0 Å². The Morgan fingerprint density at radius 3 is 2.60 bits per heavy atom. The van der Waals surface area contributed by atoms with E-state index >= 15 is 0 Å². The van der Waals surface area contributed by atoms with E-state index in [9.17, 15) is 8.42 Å². The smallest absolute Gasteiger partial charge is 0.250 e. The Morgan fingerprint density at radius 2 is 2.10 bits per heavy atom. The summed E-state index contributed by atoms with van der Waals surface area (Å²) in [5, 5.41) is 2.00. The van der Waals surface area contributed by atoms with Gasteiger partial charge in [-0.25, -0.2) is 13.1 Å². The number of sulfonamides is 1. The number of thiophene rings is 2. The standard InChI is InChI=1S/C12H15BrN2O2S3/c1-15(2)9(10-4-3-7-18-10)8-14-20(16,17)12-6-5-11(13)19-12/h3-7,9,14H,8H2,1-2H3. The Balaban J connectivity index is 2.10. The van der Waals surface area contributed by atoms with Gasteiger partial charge < -0.3 is 4.90 Å². The number of nitrogens with one attached hydrogen (secondary N) is 1. The highest BCUT2D eigenvalue weighted by atomic mass is 79.9. The van der Waals surface area contributed by atoms with Gasteiger partial charge in [0.2, 0.25) is 10.0 Å². The van der Waals surface area contributed by atoms with E-state index in [4.69, 9.17) is 0 Å². The molecule has 1 unspecified atom stereocenters. The molecule has 2 heterocycles. The maximum atomic E-state index is 12.2. The molecule has 1 atom stereocenters. The summed E-state index contributed by atoms with van der Waals surface area (Å²) in [6.45, 7) is 0.353. The molecule has 0 radical (unpaired) electrons. The number of hydrogen-bond acceptors (Lipinski definition) is 5. The molecule has 0 saturated carbocycles. The van der Waals surface area contributed by atoms with Crippen molar-refractivity contribution in [3.05, 3.63) is 38.3 Å². The van der Waals surface area contributed by atoms with Gasteiger partial charge in [-0.1, -0.05) is 6.07 Å². The Bertz CT molecular complexity index is 650. The van der Waals surface area contributed by atoms with Crippen LogP contribution in [0, 0.1) is 0 Å². The second-order valence-electron chi connectivity index (χ2n) is 4.41. The molecule has 0 saturated heterocycles. The minimum Gasteiger partial charge on any atom is -0.300 e. The predicted molar refractivity (Wildman–Crippen MR) is 88.0 cm³/mol. The lowest BCUT2D eigenvalue weighted by molar-refractivity contribution is 0.303. The Hall–Kier alpha value is -0.250. The highest BCUT2D eigenvalue weighted by Gasteiger charge is 2.21. The van der Waals surface area contributed by atoms with Gasteiger partial charge in [-0.05, 0) is 53.6 Å². The van der Waals surface area contributed by atoms with Crippen LogP contribution in [0.1, 0.15) is 10.9 Å². The summed E-state index contributed by atoms with van der Waals surface area (Å²) in [6, 6.07) is 7.37. The van der Waals surface area contributed by atoms with Crippen molar-refractivity contribution in [1.82, 2.24) is 9.62 Å². The van der Waals surface area contributed by atoms with E-state index in [2.05, 4.69) is 20.7 Å². The van der Waals surface area contributed by atoms with Gasteiger partial charge >= 0.3 is 0 Å². The van der Waals surface area contributed by atoms with Gasteiger partial charge in [0.25, 0.3) is 0 Å². The lowest BCUT2D eigenvalue weighted by Gasteiger charge is -2.23. The van der Waals surface area contributed by atoms with Crippen LogP contribution in [0.15, 0.2) is 37.6 Å². The lowest BCUT2D eigenvalue weighted by Crippen LogP contribution is -2.33. The predicted octanol–water partition coefficient (Wildman–Crippen LogP) is 3.15. The highest BCUT2D eigenvalue weighted by Crippen LogP contribution is 2.27. The zero-order valence-corrected chi connectivity index (χ0v) is 15.1. The zero-order valence-electron chi connectivity index (χ0n) is 11.0. The van der Waals surface area contributed by atoms with Crippen molar-refractivity contribution in [2.45, 2.75) is 10.3 Å². The van der Waals surface area contributed by atoms with Gasteiger partial charge in [0.05, 0.1) is 9.83 Å². The van der Waals surface area contributed by atoms with Crippen LogP contribution in [0.2, 0.25) is 0 Å². The molecule has 0 aliphatic carbocycles. The lowest BCUT2D eigenvalue weighted by atomic mass is 10.2. The molecule has 0 bridgehead atoms. The van der Waals surface area contributed by atoms with Crippen molar-refractivity contribution in [1.29, 1.82) is 0 Å². The van der Waals surface area contributed by atoms with Crippen LogP contribution in [-0.4, -0.2) is 34.0 Å². The number of rotatable bonds is 6. The van der Waals surface area contributed by atoms with Crippen molar-refractivity contribution in [3.8, 4) is 0 Å². The monoisotopic (exact) mass is 394 g/mol. The summed E-state index contributed by atoms with van der Waals surface area (Å²) < 4.78 is 28.2. The van der Waals surface area contributed by atoms with Crippen LogP contribution in [0.3, 0.4) is 0 Å². The Kier molecular flexibility index (Phi) is 5.38. The first-order chi connectivity index (χ1) is 9.40. The average molecular weight is 395 g/mol. The average Bonchev–Trinajstić information content (AvgIpc) is 3.00. The first-order valence-corrected chi connectivity index (χ1v) is 9.82. The van der Waals surface area contributed by atoms with E-state index in [1.807, 2.05) is 36.5 Å². The molecule has 4 nitrogen and oxygen atoms in total.